The molecule has 33 heavy (non-hydrogen) atoms. The number of carbonyl (C=O) groups excluding carboxylic acids is 1. The van der Waals surface area contributed by atoms with Gasteiger partial charge in [-0.1, -0.05) is 18.2 Å². The monoisotopic (exact) mass is 461 g/mol. The van der Waals surface area contributed by atoms with Crippen LogP contribution in [0.1, 0.15) is 10.4 Å². The number of ether oxygens (including phenoxy) is 1. The van der Waals surface area contributed by atoms with Crippen LogP contribution in [0.25, 0.3) is 11.1 Å². The summed E-state index contributed by atoms with van der Waals surface area (Å²) in [6.07, 6.45) is -0.848. The Labute approximate surface area is 186 Å². The highest BCUT2D eigenvalue weighted by Gasteiger charge is 2.50. The van der Waals surface area contributed by atoms with Crippen LogP contribution in [0.4, 0.5) is 29.1 Å². The Morgan fingerprint density at radius 3 is 2.58 bits per heavy atom. The number of nitrogens with one attached hydrogen (secondary N) is 1. The van der Waals surface area contributed by atoms with Crippen LogP contribution in [-0.2, 0) is 11.3 Å². The Bertz CT molecular complexity index is 1200. The number of carbonyl (C=O) groups is 1. The van der Waals surface area contributed by atoms with Crippen molar-refractivity contribution < 1.29 is 27.1 Å². The van der Waals surface area contributed by atoms with Crippen molar-refractivity contribution >= 4 is 17.4 Å². The molecule has 0 unspecified atom stereocenters. The van der Waals surface area contributed by atoms with E-state index in [4.69, 9.17) is 4.74 Å². The fourth-order valence-corrected chi connectivity index (χ4v) is 4.14. The summed E-state index contributed by atoms with van der Waals surface area (Å²) in [4.78, 5) is 19.3. The van der Waals surface area contributed by atoms with Crippen LogP contribution in [0.2, 0.25) is 0 Å². The molecule has 2 aliphatic rings. The molecule has 1 amide bonds. The molecule has 1 aromatic carbocycles. The predicted octanol–water partition coefficient (Wildman–Crippen LogP) is 3.74. The molecule has 5 rings (SSSR count). The van der Waals surface area contributed by atoms with Gasteiger partial charge < -0.3 is 15.0 Å². The van der Waals surface area contributed by atoms with Gasteiger partial charge in [0.1, 0.15) is 12.4 Å². The van der Waals surface area contributed by atoms with Gasteiger partial charge in [0, 0.05) is 36.6 Å². The normalized spacial score (nSPS) is 16.9. The number of alkyl halides is 3. The maximum absolute atomic E-state index is 14.6. The van der Waals surface area contributed by atoms with Gasteiger partial charge in [-0.2, -0.15) is 18.3 Å². The van der Waals surface area contributed by atoms with E-state index in [0.717, 1.165) is 12.4 Å². The second kappa shape index (κ2) is 7.84. The van der Waals surface area contributed by atoms with E-state index >= 15 is 0 Å². The third kappa shape index (κ3) is 4.15. The zero-order valence-electron chi connectivity index (χ0n) is 17.3. The molecule has 2 fully saturated rings. The van der Waals surface area contributed by atoms with Crippen molar-refractivity contribution in [3.8, 4) is 11.1 Å². The first kappa shape index (κ1) is 21.4. The molecule has 2 saturated heterocycles. The molecule has 7 nitrogen and oxygen atoms in total. The fourth-order valence-electron chi connectivity index (χ4n) is 4.14. The van der Waals surface area contributed by atoms with Gasteiger partial charge in [-0.3, -0.25) is 9.48 Å². The van der Waals surface area contributed by atoms with Crippen molar-refractivity contribution in [1.82, 2.24) is 14.8 Å². The maximum atomic E-state index is 14.6. The number of amides is 1. The molecular weight excluding hydrogens is 442 g/mol. The summed E-state index contributed by atoms with van der Waals surface area (Å²) in [6.45, 7) is 1.34. The smallest absolute Gasteiger partial charge is 0.380 e. The summed E-state index contributed by atoms with van der Waals surface area (Å²) < 4.78 is 58.5. The topological polar surface area (TPSA) is 72.3 Å². The van der Waals surface area contributed by atoms with Crippen LogP contribution in [0.5, 0.6) is 0 Å². The molecule has 11 heteroatoms. The van der Waals surface area contributed by atoms with E-state index in [-0.39, 0.29) is 22.2 Å². The molecule has 0 bridgehead atoms. The average Bonchev–Trinajstić information content (AvgIpc) is 3.14. The number of benzene rings is 1. The van der Waals surface area contributed by atoms with E-state index in [9.17, 15) is 22.4 Å². The first-order valence-electron chi connectivity index (χ1n) is 10.2. The van der Waals surface area contributed by atoms with Crippen LogP contribution in [0, 0.1) is 11.2 Å². The highest BCUT2D eigenvalue weighted by atomic mass is 19.4. The van der Waals surface area contributed by atoms with Crippen molar-refractivity contribution in [2.45, 2.75) is 12.7 Å². The molecule has 3 aromatic rings. The molecule has 2 aromatic heterocycles. The summed E-state index contributed by atoms with van der Waals surface area (Å²) in [7, 11) is 0. The number of halogens is 4. The Morgan fingerprint density at radius 2 is 1.91 bits per heavy atom. The Morgan fingerprint density at radius 1 is 1.15 bits per heavy atom. The van der Waals surface area contributed by atoms with Crippen LogP contribution < -0.4 is 10.2 Å². The lowest BCUT2D eigenvalue weighted by Crippen LogP contribution is -2.66. The first-order chi connectivity index (χ1) is 15.7. The molecule has 172 valence electrons. The second-order valence-electron chi connectivity index (χ2n) is 8.38. The molecule has 1 N–H and O–H groups in total. The first-order valence-corrected chi connectivity index (χ1v) is 10.2. The number of pyridine rings is 1. The van der Waals surface area contributed by atoms with Gasteiger partial charge in [-0.05, 0) is 12.1 Å². The van der Waals surface area contributed by atoms with Gasteiger partial charge in [-0.25, -0.2) is 9.37 Å². The number of anilines is 2. The third-order valence-corrected chi connectivity index (χ3v) is 5.74. The molecule has 4 heterocycles. The standard InChI is InChI=1S/C22H19F4N5O2/c23-17-4-2-1-3-15(17)16-5-6-27-19(30-9-21(10-30)12-33-13-21)18(16)29-20(32)14-7-28-31(8-14)11-22(24,25)26/h1-8H,9-13H2,(H,29,32). The Kier molecular flexibility index (Phi) is 5.08. The third-order valence-electron chi connectivity index (χ3n) is 5.74. The highest BCUT2D eigenvalue weighted by molar-refractivity contribution is 6.08. The molecule has 0 atom stereocenters. The van der Waals surface area contributed by atoms with Gasteiger partial charge in [-0.15, -0.1) is 0 Å². The van der Waals surface area contributed by atoms with Crippen LogP contribution in [0.15, 0.2) is 48.9 Å². The minimum Gasteiger partial charge on any atom is -0.380 e. The second-order valence-corrected chi connectivity index (χ2v) is 8.38. The largest absolute Gasteiger partial charge is 0.408 e. The zero-order chi connectivity index (χ0) is 23.2. The lowest BCUT2D eigenvalue weighted by atomic mass is 9.78. The zero-order valence-corrected chi connectivity index (χ0v) is 17.3. The molecule has 2 aliphatic heterocycles. The number of hydrogen-bond donors (Lipinski definition) is 1. The fraction of sp³-hybridized carbons (Fsp3) is 0.318. The maximum Gasteiger partial charge on any atom is 0.408 e. The van der Waals surface area contributed by atoms with Crippen molar-refractivity contribution in [2.24, 2.45) is 5.41 Å². The van der Waals surface area contributed by atoms with Gasteiger partial charge in [0.2, 0.25) is 0 Å². The van der Waals surface area contributed by atoms with Crippen molar-refractivity contribution in [3.63, 3.8) is 0 Å². The van der Waals surface area contributed by atoms with Crippen molar-refractivity contribution in [2.75, 3.05) is 36.5 Å². The van der Waals surface area contributed by atoms with Gasteiger partial charge >= 0.3 is 6.18 Å². The quantitative estimate of drug-likeness (QED) is 0.587. The highest BCUT2D eigenvalue weighted by Crippen LogP contribution is 2.44. The summed E-state index contributed by atoms with van der Waals surface area (Å²) >= 11 is 0. The lowest BCUT2D eigenvalue weighted by molar-refractivity contribution is -0.142. The molecule has 0 aliphatic carbocycles. The number of nitrogens with zero attached hydrogens (tertiary/aromatic N) is 4. The number of aromatic nitrogens is 3. The van der Waals surface area contributed by atoms with Crippen LogP contribution in [0.3, 0.4) is 0 Å². The molecule has 0 saturated carbocycles. The average molecular weight is 461 g/mol. The van der Waals surface area contributed by atoms with E-state index < -0.39 is 24.4 Å². The summed E-state index contributed by atoms with van der Waals surface area (Å²) in [5.41, 5.74) is 0.981. The minimum atomic E-state index is -4.47. The molecule has 1 spiro atoms. The van der Waals surface area contributed by atoms with Crippen molar-refractivity contribution in [1.29, 1.82) is 0 Å². The Hall–Kier alpha value is -3.47. The van der Waals surface area contributed by atoms with Crippen molar-refractivity contribution in [3.05, 3.63) is 60.3 Å². The van der Waals surface area contributed by atoms with Crippen LogP contribution in [-0.4, -0.2) is 53.2 Å². The van der Waals surface area contributed by atoms with Crippen LogP contribution >= 0.6 is 0 Å². The molecular formula is C22H19F4N5O2. The van der Waals surface area contributed by atoms with Gasteiger partial charge in [0.05, 0.1) is 36.1 Å². The SMILES string of the molecule is O=C(Nc1c(-c2ccccc2F)ccnc1N1CC2(COC2)C1)c1cnn(CC(F)(F)F)c1. The Balaban J connectivity index is 1.48. The number of rotatable bonds is 5. The summed E-state index contributed by atoms with van der Waals surface area (Å²) in [5.74, 6) is -0.683. The van der Waals surface area contributed by atoms with E-state index in [2.05, 4.69) is 15.4 Å². The van der Waals surface area contributed by atoms with E-state index in [1.165, 1.54) is 12.3 Å². The van der Waals surface area contributed by atoms with E-state index in [0.29, 0.717) is 42.4 Å². The number of hydrogen-bond acceptors (Lipinski definition) is 5. The molecule has 0 radical (unpaired) electrons. The lowest BCUT2D eigenvalue weighted by Gasteiger charge is -2.55. The van der Waals surface area contributed by atoms with E-state index in [1.807, 2.05) is 4.90 Å². The van der Waals surface area contributed by atoms with E-state index in [1.54, 1.807) is 24.3 Å². The van der Waals surface area contributed by atoms with Gasteiger partial charge in [0.25, 0.3) is 5.91 Å². The van der Waals surface area contributed by atoms with Gasteiger partial charge in [0.15, 0.2) is 5.82 Å². The minimum absolute atomic E-state index is 0.0546. The summed E-state index contributed by atoms with van der Waals surface area (Å²) in [5, 5.41) is 6.35. The predicted molar refractivity (Wildman–Crippen MR) is 111 cm³/mol. The summed E-state index contributed by atoms with van der Waals surface area (Å²) in [6, 6.07) is 7.72.